The molecule has 1 aromatic carbocycles. The summed E-state index contributed by atoms with van der Waals surface area (Å²) in [5.74, 6) is 0. The summed E-state index contributed by atoms with van der Waals surface area (Å²) in [6.07, 6.45) is -0.441. The van der Waals surface area contributed by atoms with Crippen LogP contribution in [0.2, 0.25) is 0 Å². The summed E-state index contributed by atoms with van der Waals surface area (Å²) in [7, 11) is 0. The Hall–Kier alpha value is -0.130. The molecular weight excluding hydrogens is 267 g/mol. The van der Waals surface area contributed by atoms with Crippen molar-refractivity contribution >= 4 is 22.6 Å². The molecule has 1 atom stereocenters. The minimum absolute atomic E-state index is 0.424. The summed E-state index contributed by atoms with van der Waals surface area (Å²) in [6, 6.07) is 6.06. The van der Waals surface area contributed by atoms with Crippen molar-refractivity contribution in [2.45, 2.75) is 12.7 Å². The number of hydrogen-bond acceptors (Lipinski definition) is 2. The molecule has 0 amide bonds. The molecule has 1 unspecified atom stereocenters. The van der Waals surface area contributed by atoms with E-state index < -0.39 is 6.10 Å². The fourth-order valence-corrected chi connectivity index (χ4v) is 1.89. The van der Waals surface area contributed by atoms with Crippen LogP contribution in [-0.2, 0) is 11.3 Å². The fraction of sp³-hybridized carbons (Fsp3) is 0.333. The molecule has 1 aromatic rings. The van der Waals surface area contributed by atoms with Crippen molar-refractivity contribution in [1.82, 2.24) is 0 Å². The molecule has 1 heterocycles. The van der Waals surface area contributed by atoms with Crippen LogP contribution in [0.25, 0.3) is 0 Å². The molecule has 0 radical (unpaired) electrons. The molecule has 1 aliphatic rings. The van der Waals surface area contributed by atoms with Crippen LogP contribution in [0.1, 0.15) is 17.2 Å². The molecule has 0 saturated heterocycles. The normalized spacial score (nSPS) is 22.0. The molecule has 0 saturated carbocycles. The maximum atomic E-state index is 9.56. The lowest BCUT2D eigenvalue weighted by Crippen LogP contribution is -2.16. The van der Waals surface area contributed by atoms with Crippen LogP contribution in [0.4, 0.5) is 0 Å². The molecule has 0 fully saturated rings. The maximum absolute atomic E-state index is 9.56. The Morgan fingerprint density at radius 1 is 1.50 bits per heavy atom. The standard InChI is InChI=1S/C9H9IO2/c10-7-2-1-6-4-12-5-9(11)8(6)3-7/h1-3,9,11H,4-5H2. The second-order valence-electron chi connectivity index (χ2n) is 2.87. The van der Waals surface area contributed by atoms with Gasteiger partial charge < -0.3 is 9.84 Å². The lowest BCUT2D eigenvalue weighted by molar-refractivity contribution is 0.00976. The first-order valence-electron chi connectivity index (χ1n) is 3.81. The predicted molar refractivity (Wildman–Crippen MR) is 53.8 cm³/mol. The number of fused-ring (bicyclic) bond motifs is 1. The number of halogens is 1. The Bertz CT molecular complexity index is 299. The zero-order chi connectivity index (χ0) is 8.55. The number of aliphatic hydroxyl groups is 1. The van der Waals surface area contributed by atoms with Gasteiger partial charge in [0.1, 0.15) is 6.10 Å². The highest BCUT2D eigenvalue weighted by atomic mass is 127. The van der Waals surface area contributed by atoms with Crippen LogP contribution in [0.3, 0.4) is 0 Å². The second-order valence-corrected chi connectivity index (χ2v) is 4.12. The Morgan fingerprint density at radius 2 is 2.33 bits per heavy atom. The van der Waals surface area contributed by atoms with Crippen molar-refractivity contribution in [2.24, 2.45) is 0 Å². The summed E-state index contributed by atoms with van der Waals surface area (Å²) >= 11 is 2.24. The van der Waals surface area contributed by atoms with Gasteiger partial charge in [-0.1, -0.05) is 6.07 Å². The molecule has 0 spiro atoms. The van der Waals surface area contributed by atoms with Gasteiger partial charge in [-0.05, 0) is 45.9 Å². The van der Waals surface area contributed by atoms with Gasteiger partial charge in [-0.25, -0.2) is 0 Å². The summed E-state index contributed by atoms with van der Waals surface area (Å²) in [5, 5.41) is 9.56. The van der Waals surface area contributed by atoms with Gasteiger partial charge in [-0.3, -0.25) is 0 Å². The minimum Gasteiger partial charge on any atom is -0.386 e. The van der Waals surface area contributed by atoms with Crippen molar-refractivity contribution in [3.8, 4) is 0 Å². The van der Waals surface area contributed by atoms with Crippen LogP contribution >= 0.6 is 22.6 Å². The molecule has 0 aromatic heterocycles. The lowest BCUT2D eigenvalue weighted by Gasteiger charge is -2.21. The third-order valence-electron chi connectivity index (χ3n) is 2.00. The summed E-state index contributed by atoms with van der Waals surface area (Å²) in [5.41, 5.74) is 2.13. The number of benzene rings is 1. The molecule has 1 aliphatic heterocycles. The van der Waals surface area contributed by atoms with Crippen LogP contribution in [0.5, 0.6) is 0 Å². The van der Waals surface area contributed by atoms with Crippen molar-refractivity contribution in [3.05, 3.63) is 32.9 Å². The largest absolute Gasteiger partial charge is 0.386 e. The Labute approximate surface area is 84.7 Å². The first kappa shape index (κ1) is 8.47. The quantitative estimate of drug-likeness (QED) is 0.733. The molecule has 12 heavy (non-hydrogen) atoms. The summed E-state index contributed by atoms with van der Waals surface area (Å²) < 4.78 is 6.36. The zero-order valence-corrected chi connectivity index (χ0v) is 8.61. The van der Waals surface area contributed by atoms with E-state index >= 15 is 0 Å². The van der Waals surface area contributed by atoms with Crippen LogP contribution < -0.4 is 0 Å². The molecule has 2 nitrogen and oxygen atoms in total. The van der Waals surface area contributed by atoms with Crippen LogP contribution in [-0.4, -0.2) is 11.7 Å². The smallest absolute Gasteiger partial charge is 0.103 e. The molecule has 0 bridgehead atoms. The van der Waals surface area contributed by atoms with Gasteiger partial charge in [0.05, 0.1) is 13.2 Å². The van der Waals surface area contributed by atoms with E-state index in [2.05, 4.69) is 22.6 Å². The molecular formula is C9H9IO2. The van der Waals surface area contributed by atoms with Gasteiger partial charge in [0.2, 0.25) is 0 Å². The topological polar surface area (TPSA) is 29.5 Å². The third-order valence-corrected chi connectivity index (χ3v) is 2.67. The average Bonchev–Trinajstić information content (AvgIpc) is 2.07. The van der Waals surface area contributed by atoms with E-state index in [1.165, 1.54) is 0 Å². The number of hydrogen-bond donors (Lipinski definition) is 1. The highest BCUT2D eigenvalue weighted by Crippen LogP contribution is 2.25. The van der Waals surface area contributed by atoms with Gasteiger partial charge >= 0.3 is 0 Å². The van der Waals surface area contributed by atoms with Crippen molar-refractivity contribution in [3.63, 3.8) is 0 Å². The lowest BCUT2D eigenvalue weighted by atomic mass is 10.0. The van der Waals surface area contributed by atoms with Crippen molar-refractivity contribution < 1.29 is 9.84 Å². The third kappa shape index (κ3) is 1.48. The van der Waals surface area contributed by atoms with Crippen molar-refractivity contribution in [2.75, 3.05) is 6.61 Å². The van der Waals surface area contributed by atoms with Gasteiger partial charge in [0.15, 0.2) is 0 Å². The molecule has 3 heteroatoms. The van der Waals surface area contributed by atoms with E-state index in [9.17, 15) is 5.11 Å². The maximum Gasteiger partial charge on any atom is 0.103 e. The zero-order valence-electron chi connectivity index (χ0n) is 6.46. The molecule has 64 valence electrons. The Morgan fingerprint density at radius 3 is 3.17 bits per heavy atom. The average molecular weight is 276 g/mol. The summed E-state index contributed by atoms with van der Waals surface area (Å²) in [4.78, 5) is 0. The highest BCUT2D eigenvalue weighted by Gasteiger charge is 2.17. The number of aliphatic hydroxyl groups excluding tert-OH is 1. The van der Waals surface area contributed by atoms with E-state index in [1.807, 2.05) is 18.2 Å². The molecule has 0 aliphatic carbocycles. The van der Waals surface area contributed by atoms with E-state index in [1.54, 1.807) is 0 Å². The molecule has 1 N–H and O–H groups in total. The monoisotopic (exact) mass is 276 g/mol. The predicted octanol–water partition coefficient (Wildman–Crippen LogP) is 1.85. The number of ether oxygens (including phenoxy) is 1. The van der Waals surface area contributed by atoms with Gasteiger partial charge in [-0.2, -0.15) is 0 Å². The minimum atomic E-state index is -0.441. The van der Waals surface area contributed by atoms with Crippen LogP contribution in [0.15, 0.2) is 18.2 Å². The Kier molecular flexibility index (Phi) is 2.34. The summed E-state index contributed by atoms with van der Waals surface area (Å²) in [6.45, 7) is 1.05. The van der Waals surface area contributed by atoms with E-state index in [4.69, 9.17) is 4.74 Å². The van der Waals surface area contributed by atoms with E-state index in [0.29, 0.717) is 13.2 Å². The van der Waals surface area contributed by atoms with Gasteiger partial charge in [0.25, 0.3) is 0 Å². The SMILES string of the molecule is OC1COCc2ccc(I)cc21. The molecule has 2 rings (SSSR count). The number of rotatable bonds is 0. The fourth-order valence-electron chi connectivity index (χ4n) is 1.38. The first-order valence-corrected chi connectivity index (χ1v) is 4.89. The van der Waals surface area contributed by atoms with Crippen LogP contribution in [0, 0.1) is 3.57 Å². The van der Waals surface area contributed by atoms with Gasteiger partial charge in [-0.15, -0.1) is 0 Å². The second kappa shape index (κ2) is 3.32. The van der Waals surface area contributed by atoms with E-state index in [-0.39, 0.29) is 0 Å². The highest BCUT2D eigenvalue weighted by molar-refractivity contribution is 14.1. The first-order chi connectivity index (χ1) is 5.77. The van der Waals surface area contributed by atoms with Crippen molar-refractivity contribution in [1.29, 1.82) is 0 Å². The Balaban J connectivity index is 2.47. The van der Waals surface area contributed by atoms with E-state index in [0.717, 1.165) is 14.7 Å². The van der Waals surface area contributed by atoms with Gasteiger partial charge in [0, 0.05) is 3.57 Å².